The minimum absolute atomic E-state index is 0.126. The van der Waals surface area contributed by atoms with Crippen LogP contribution in [0.5, 0.6) is 0 Å². The molecule has 2 N–H and O–H groups in total. The first-order valence-corrected chi connectivity index (χ1v) is 7.25. The summed E-state index contributed by atoms with van der Waals surface area (Å²) in [5.41, 5.74) is 10.1. The van der Waals surface area contributed by atoms with Gasteiger partial charge in [0, 0.05) is 24.3 Å². The molecular weight excluding hydrogens is 287 g/mol. The maximum atomic E-state index is 13.6. The van der Waals surface area contributed by atoms with Crippen LogP contribution in [0.15, 0.2) is 36.4 Å². The lowest BCUT2D eigenvalue weighted by Crippen LogP contribution is -2.30. The maximum Gasteiger partial charge on any atom is 0.125 e. The summed E-state index contributed by atoms with van der Waals surface area (Å²) in [6.07, 6.45) is 0. The molecule has 4 heteroatoms. The molecule has 0 fully saturated rings. The van der Waals surface area contributed by atoms with Gasteiger partial charge in [0.05, 0.1) is 6.04 Å². The maximum absolute atomic E-state index is 13.6. The molecule has 2 aromatic carbocycles. The van der Waals surface area contributed by atoms with Crippen molar-refractivity contribution in [2.24, 2.45) is 5.73 Å². The summed E-state index contributed by atoms with van der Waals surface area (Å²) in [5, 5.41) is 0.386. The highest BCUT2D eigenvalue weighted by Crippen LogP contribution is 2.28. The normalized spacial score (nSPS) is 12.3. The number of nitrogens with two attached hydrogens (primary N) is 1. The SMILES string of the molecule is Cc1cc(C)cc(N(C)C(CN)c2cc(F)cc(Cl)c2)c1. The highest BCUT2D eigenvalue weighted by Gasteiger charge is 2.18. The first-order chi connectivity index (χ1) is 9.90. The lowest BCUT2D eigenvalue weighted by atomic mass is 10.0. The number of hydrogen-bond acceptors (Lipinski definition) is 2. The van der Waals surface area contributed by atoms with Gasteiger partial charge in [0.25, 0.3) is 0 Å². The highest BCUT2D eigenvalue weighted by atomic mass is 35.5. The average Bonchev–Trinajstić information content (AvgIpc) is 2.37. The number of hydrogen-bond donors (Lipinski definition) is 1. The number of benzene rings is 2. The van der Waals surface area contributed by atoms with Crippen molar-refractivity contribution in [3.05, 3.63) is 63.9 Å². The molecule has 1 atom stereocenters. The number of likely N-dealkylation sites (N-methyl/N-ethyl adjacent to an activating group) is 1. The predicted molar refractivity (Wildman–Crippen MR) is 87.5 cm³/mol. The standard InChI is InChI=1S/C17H20ClFN2/c1-11-4-12(2)6-16(5-11)21(3)17(10-20)13-7-14(18)9-15(19)8-13/h4-9,17H,10,20H2,1-3H3. The summed E-state index contributed by atoms with van der Waals surface area (Å²) in [6, 6.07) is 10.7. The molecule has 0 aliphatic heterocycles. The fourth-order valence-corrected chi connectivity index (χ4v) is 2.85. The van der Waals surface area contributed by atoms with Gasteiger partial charge in [0.1, 0.15) is 5.82 Å². The van der Waals surface area contributed by atoms with E-state index in [1.807, 2.05) is 7.05 Å². The molecule has 0 saturated heterocycles. The van der Waals surface area contributed by atoms with Gasteiger partial charge in [-0.1, -0.05) is 17.7 Å². The largest absolute Gasteiger partial charge is 0.366 e. The van der Waals surface area contributed by atoms with Crippen LogP contribution in [-0.4, -0.2) is 13.6 Å². The van der Waals surface area contributed by atoms with Gasteiger partial charge in [0.2, 0.25) is 0 Å². The fraction of sp³-hybridized carbons (Fsp3) is 0.294. The van der Waals surface area contributed by atoms with Crippen molar-refractivity contribution < 1.29 is 4.39 Å². The zero-order valence-electron chi connectivity index (χ0n) is 12.5. The van der Waals surface area contributed by atoms with E-state index in [0.717, 1.165) is 11.3 Å². The number of anilines is 1. The second-order valence-electron chi connectivity index (χ2n) is 5.41. The van der Waals surface area contributed by atoms with Crippen LogP contribution in [0.2, 0.25) is 5.02 Å². The van der Waals surface area contributed by atoms with Crippen LogP contribution in [-0.2, 0) is 0 Å². The molecular formula is C17H20ClFN2. The zero-order valence-corrected chi connectivity index (χ0v) is 13.3. The molecule has 0 bridgehead atoms. The molecule has 2 nitrogen and oxygen atoms in total. The Balaban J connectivity index is 2.40. The van der Waals surface area contributed by atoms with E-state index in [9.17, 15) is 4.39 Å². The van der Waals surface area contributed by atoms with Crippen LogP contribution in [0.3, 0.4) is 0 Å². The van der Waals surface area contributed by atoms with Crippen molar-refractivity contribution >= 4 is 17.3 Å². The lowest BCUT2D eigenvalue weighted by Gasteiger charge is -2.30. The van der Waals surface area contributed by atoms with Crippen molar-refractivity contribution in [2.75, 3.05) is 18.5 Å². The molecule has 0 spiro atoms. The molecule has 0 radical (unpaired) electrons. The van der Waals surface area contributed by atoms with Crippen molar-refractivity contribution in [3.63, 3.8) is 0 Å². The van der Waals surface area contributed by atoms with Gasteiger partial charge < -0.3 is 10.6 Å². The Morgan fingerprint density at radius 1 is 1.10 bits per heavy atom. The monoisotopic (exact) mass is 306 g/mol. The molecule has 0 aliphatic rings. The Labute approximate surface area is 130 Å². The summed E-state index contributed by atoms with van der Waals surface area (Å²) in [5.74, 6) is -0.343. The molecule has 0 saturated carbocycles. The first-order valence-electron chi connectivity index (χ1n) is 6.88. The summed E-state index contributed by atoms with van der Waals surface area (Å²) < 4.78 is 13.6. The smallest absolute Gasteiger partial charge is 0.125 e. The van der Waals surface area contributed by atoms with Crippen LogP contribution in [0.4, 0.5) is 10.1 Å². The second kappa shape index (κ2) is 6.46. The van der Waals surface area contributed by atoms with Gasteiger partial charge in [-0.25, -0.2) is 4.39 Å². The Morgan fingerprint density at radius 3 is 2.24 bits per heavy atom. The summed E-state index contributed by atoms with van der Waals surface area (Å²) >= 11 is 5.95. The van der Waals surface area contributed by atoms with E-state index in [1.54, 1.807) is 6.07 Å². The number of rotatable bonds is 4. The van der Waals surface area contributed by atoms with Gasteiger partial charge in [-0.05, 0) is 60.9 Å². The van der Waals surface area contributed by atoms with Crippen LogP contribution in [0.1, 0.15) is 22.7 Å². The number of aryl methyl sites for hydroxylation is 2. The first kappa shape index (κ1) is 15.8. The summed E-state index contributed by atoms with van der Waals surface area (Å²) in [7, 11) is 1.96. The van der Waals surface area contributed by atoms with Gasteiger partial charge in [-0.3, -0.25) is 0 Å². The van der Waals surface area contributed by atoms with E-state index >= 15 is 0 Å². The molecule has 1 unspecified atom stereocenters. The lowest BCUT2D eigenvalue weighted by molar-refractivity contribution is 0.615. The van der Waals surface area contributed by atoms with Crippen LogP contribution in [0, 0.1) is 19.7 Å². The van der Waals surface area contributed by atoms with Crippen molar-refractivity contribution in [3.8, 4) is 0 Å². The third-order valence-corrected chi connectivity index (χ3v) is 3.79. The van der Waals surface area contributed by atoms with Crippen molar-refractivity contribution in [1.29, 1.82) is 0 Å². The molecule has 0 amide bonds. The minimum Gasteiger partial charge on any atom is -0.366 e. The third kappa shape index (κ3) is 3.74. The summed E-state index contributed by atoms with van der Waals surface area (Å²) in [6.45, 7) is 4.49. The van der Waals surface area contributed by atoms with Gasteiger partial charge in [-0.15, -0.1) is 0 Å². The van der Waals surface area contributed by atoms with Crippen molar-refractivity contribution in [1.82, 2.24) is 0 Å². The van der Waals surface area contributed by atoms with Gasteiger partial charge >= 0.3 is 0 Å². The zero-order chi connectivity index (χ0) is 15.6. The Bertz CT molecular complexity index is 602. The van der Waals surface area contributed by atoms with E-state index < -0.39 is 0 Å². The highest BCUT2D eigenvalue weighted by molar-refractivity contribution is 6.30. The Kier molecular flexibility index (Phi) is 4.86. The van der Waals surface area contributed by atoms with Crippen LogP contribution < -0.4 is 10.6 Å². The molecule has 2 aromatic rings. The van der Waals surface area contributed by atoms with E-state index in [4.69, 9.17) is 17.3 Å². The minimum atomic E-state index is -0.343. The Morgan fingerprint density at radius 2 is 1.71 bits per heavy atom. The second-order valence-corrected chi connectivity index (χ2v) is 5.85. The van der Waals surface area contributed by atoms with E-state index in [1.165, 1.54) is 23.3 Å². The molecule has 0 aliphatic carbocycles. The van der Waals surface area contributed by atoms with E-state index in [0.29, 0.717) is 11.6 Å². The Hall–Kier alpha value is -1.58. The van der Waals surface area contributed by atoms with E-state index in [-0.39, 0.29) is 11.9 Å². The molecule has 0 aromatic heterocycles. The summed E-state index contributed by atoms with van der Waals surface area (Å²) in [4.78, 5) is 2.06. The quantitative estimate of drug-likeness (QED) is 0.916. The van der Waals surface area contributed by atoms with E-state index in [2.05, 4.69) is 36.9 Å². The number of nitrogens with zero attached hydrogens (tertiary/aromatic N) is 1. The predicted octanol–water partition coefficient (Wildman–Crippen LogP) is 4.23. The van der Waals surface area contributed by atoms with Crippen LogP contribution in [0.25, 0.3) is 0 Å². The molecule has 2 rings (SSSR count). The number of halogens is 2. The van der Waals surface area contributed by atoms with Crippen molar-refractivity contribution in [2.45, 2.75) is 19.9 Å². The van der Waals surface area contributed by atoms with Crippen LogP contribution >= 0.6 is 11.6 Å². The molecule has 0 heterocycles. The fourth-order valence-electron chi connectivity index (χ4n) is 2.62. The topological polar surface area (TPSA) is 29.3 Å². The van der Waals surface area contributed by atoms with Gasteiger partial charge in [-0.2, -0.15) is 0 Å². The molecule has 112 valence electrons. The molecule has 21 heavy (non-hydrogen) atoms. The third-order valence-electron chi connectivity index (χ3n) is 3.57. The average molecular weight is 307 g/mol. The van der Waals surface area contributed by atoms with Gasteiger partial charge in [0.15, 0.2) is 0 Å².